The zero-order chi connectivity index (χ0) is 24.6. The van der Waals surface area contributed by atoms with E-state index in [0.29, 0.717) is 4.90 Å². The summed E-state index contributed by atoms with van der Waals surface area (Å²) < 4.78 is 25.6. The molecular weight excluding hydrogens is 454 g/mol. The van der Waals surface area contributed by atoms with Crippen LogP contribution in [0.2, 0.25) is 0 Å². The van der Waals surface area contributed by atoms with Crippen molar-refractivity contribution in [3.63, 3.8) is 0 Å². The molecule has 174 valence electrons. The number of urea groups is 1. The van der Waals surface area contributed by atoms with E-state index in [2.05, 4.69) is 10.6 Å². The maximum Gasteiger partial charge on any atom is 0.325 e. The lowest BCUT2D eigenvalue weighted by Crippen LogP contribution is -2.42. The third kappa shape index (κ3) is 4.54. The summed E-state index contributed by atoms with van der Waals surface area (Å²) in [6.07, 6.45) is 0. The van der Waals surface area contributed by atoms with Crippen molar-refractivity contribution in [2.45, 2.75) is 17.4 Å². The van der Waals surface area contributed by atoms with Gasteiger partial charge in [-0.2, -0.15) is 0 Å². The molecule has 2 N–H and O–H groups in total. The third-order valence-electron chi connectivity index (χ3n) is 5.11. The maximum absolute atomic E-state index is 13.0. The molecule has 1 atom stereocenters. The second-order valence-electron chi connectivity index (χ2n) is 7.62. The van der Waals surface area contributed by atoms with Gasteiger partial charge in [0.1, 0.15) is 12.1 Å². The molecule has 1 aliphatic rings. The zero-order valence-electron chi connectivity index (χ0n) is 17.9. The molecule has 4 amide bonds. The first-order valence-corrected chi connectivity index (χ1v) is 11.0. The molecule has 3 rings (SSSR count). The molecule has 2 aromatic rings. The van der Waals surface area contributed by atoms with Crippen LogP contribution < -0.4 is 10.6 Å². The van der Waals surface area contributed by atoms with Crippen molar-refractivity contribution in [3.8, 4) is 0 Å². The highest BCUT2D eigenvalue weighted by Crippen LogP contribution is 2.30. The van der Waals surface area contributed by atoms with Crippen LogP contribution in [0, 0.1) is 10.1 Å². The molecule has 1 fully saturated rings. The largest absolute Gasteiger partial charge is 0.325 e. The lowest BCUT2D eigenvalue weighted by molar-refractivity contribution is -0.385. The molecule has 2 aromatic carbocycles. The van der Waals surface area contributed by atoms with E-state index in [-0.39, 0.29) is 21.8 Å². The van der Waals surface area contributed by atoms with Crippen LogP contribution in [0.5, 0.6) is 0 Å². The quantitative estimate of drug-likeness (QED) is 0.346. The van der Waals surface area contributed by atoms with Crippen molar-refractivity contribution >= 4 is 39.2 Å². The number of imide groups is 1. The van der Waals surface area contributed by atoms with Crippen LogP contribution in [-0.2, 0) is 25.2 Å². The minimum absolute atomic E-state index is 0.0430. The maximum atomic E-state index is 13.0. The number of nitrogens with one attached hydrogen (secondary N) is 2. The SMILES string of the molecule is CN(C)S(=O)(=O)c1cccc(NC(=O)CN2C(=O)NC(C)(c3cccc([N+](=O)[O-])c3)C2=O)c1. The van der Waals surface area contributed by atoms with E-state index in [0.717, 1.165) is 4.31 Å². The molecule has 0 radical (unpaired) electrons. The van der Waals surface area contributed by atoms with E-state index in [1.54, 1.807) is 0 Å². The van der Waals surface area contributed by atoms with Crippen molar-refractivity contribution in [1.82, 2.24) is 14.5 Å². The van der Waals surface area contributed by atoms with Crippen molar-refractivity contribution < 1.29 is 27.7 Å². The van der Waals surface area contributed by atoms with E-state index in [4.69, 9.17) is 0 Å². The molecule has 1 aliphatic heterocycles. The van der Waals surface area contributed by atoms with Crippen LogP contribution in [0.15, 0.2) is 53.4 Å². The number of hydrogen-bond donors (Lipinski definition) is 2. The topological polar surface area (TPSA) is 159 Å². The van der Waals surface area contributed by atoms with Crippen LogP contribution in [0.4, 0.5) is 16.2 Å². The molecule has 1 saturated heterocycles. The number of hydrogen-bond acceptors (Lipinski definition) is 7. The summed E-state index contributed by atoms with van der Waals surface area (Å²) in [5.41, 5.74) is -1.49. The Labute approximate surface area is 189 Å². The van der Waals surface area contributed by atoms with Gasteiger partial charge in [0.05, 0.1) is 9.82 Å². The van der Waals surface area contributed by atoms with Gasteiger partial charge in [0, 0.05) is 31.9 Å². The molecule has 0 spiro atoms. The smallest absolute Gasteiger partial charge is 0.324 e. The normalized spacial score (nSPS) is 18.4. The monoisotopic (exact) mass is 475 g/mol. The second-order valence-corrected chi connectivity index (χ2v) is 9.77. The summed E-state index contributed by atoms with van der Waals surface area (Å²) in [5, 5.41) is 16.0. The van der Waals surface area contributed by atoms with Gasteiger partial charge in [-0.25, -0.2) is 17.5 Å². The highest BCUT2D eigenvalue weighted by atomic mass is 32.2. The number of amides is 4. The van der Waals surface area contributed by atoms with E-state index in [1.807, 2.05) is 0 Å². The van der Waals surface area contributed by atoms with Crippen LogP contribution in [-0.4, -0.2) is 61.0 Å². The summed E-state index contributed by atoms with van der Waals surface area (Å²) in [7, 11) is -0.982. The number of nitrogens with zero attached hydrogens (tertiary/aromatic N) is 3. The van der Waals surface area contributed by atoms with Gasteiger partial charge in [-0.05, 0) is 30.7 Å². The summed E-state index contributed by atoms with van der Waals surface area (Å²) in [6, 6.07) is 9.98. The molecule has 12 nitrogen and oxygen atoms in total. The fourth-order valence-corrected chi connectivity index (χ4v) is 4.20. The van der Waals surface area contributed by atoms with Gasteiger partial charge in [0.2, 0.25) is 15.9 Å². The van der Waals surface area contributed by atoms with Crippen LogP contribution in [0.3, 0.4) is 0 Å². The molecule has 0 aromatic heterocycles. The molecule has 0 bridgehead atoms. The Morgan fingerprint density at radius 2 is 1.85 bits per heavy atom. The molecule has 1 heterocycles. The number of benzene rings is 2. The summed E-state index contributed by atoms with van der Waals surface area (Å²) in [4.78, 5) is 49.0. The first-order valence-electron chi connectivity index (χ1n) is 9.58. The van der Waals surface area contributed by atoms with E-state index in [1.165, 1.54) is 69.6 Å². The number of anilines is 1. The fraction of sp³-hybridized carbons (Fsp3) is 0.250. The van der Waals surface area contributed by atoms with E-state index < -0.39 is 44.9 Å². The average molecular weight is 475 g/mol. The first-order chi connectivity index (χ1) is 15.4. The van der Waals surface area contributed by atoms with Gasteiger partial charge in [-0.1, -0.05) is 18.2 Å². The van der Waals surface area contributed by atoms with Gasteiger partial charge in [-0.15, -0.1) is 0 Å². The average Bonchev–Trinajstić information content (AvgIpc) is 2.97. The fourth-order valence-electron chi connectivity index (χ4n) is 3.26. The Morgan fingerprint density at radius 3 is 2.48 bits per heavy atom. The lowest BCUT2D eigenvalue weighted by atomic mass is 9.91. The number of rotatable bonds is 7. The molecule has 13 heteroatoms. The Kier molecular flexibility index (Phi) is 6.20. The second kappa shape index (κ2) is 8.60. The Hall–Kier alpha value is -3.84. The Balaban J connectivity index is 1.77. The van der Waals surface area contributed by atoms with Gasteiger partial charge in [0.25, 0.3) is 11.6 Å². The standard InChI is InChI=1S/C20H21N5O7S/c1-20(13-6-4-8-15(10-13)25(29)30)18(27)24(19(28)22-20)12-17(26)21-14-7-5-9-16(11-14)33(31,32)23(2)3/h4-11H,12H2,1-3H3,(H,21,26)(H,22,28). The minimum Gasteiger partial charge on any atom is -0.324 e. The highest BCUT2D eigenvalue weighted by Gasteiger charge is 2.49. The van der Waals surface area contributed by atoms with Gasteiger partial charge < -0.3 is 10.6 Å². The highest BCUT2D eigenvalue weighted by molar-refractivity contribution is 7.89. The summed E-state index contributed by atoms with van der Waals surface area (Å²) in [6.45, 7) is 0.750. The van der Waals surface area contributed by atoms with Crippen molar-refractivity contribution in [2.24, 2.45) is 0 Å². The zero-order valence-corrected chi connectivity index (χ0v) is 18.8. The van der Waals surface area contributed by atoms with Crippen LogP contribution in [0.25, 0.3) is 0 Å². The number of carbonyl (C=O) groups is 3. The predicted octanol–water partition coefficient (Wildman–Crippen LogP) is 1.25. The Morgan fingerprint density at radius 1 is 1.18 bits per heavy atom. The van der Waals surface area contributed by atoms with Gasteiger partial charge in [-0.3, -0.25) is 24.6 Å². The summed E-state index contributed by atoms with van der Waals surface area (Å²) >= 11 is 0. The molecular formula is C20H21N5O7S. The molecule has 33 heavy (non-hydrogen) atoms. The number of nitro benzene ring substituents is 1. The summed E-state index contributed by atoms with van der Waals surface area (Å²) in [5.74, 6) is -1.49. The van der Waals surface area contributed by atoms with Crippen molar-refractivity contribution in [1.29, 1.82) is 0 Å². The number of non-ortho nitro benzene ring substituents is 1. The van der Waals surface area contributed by atoms with Gasteiger partial charge >= 0.3 is 6.03 Å². The van der Waals surface area contributed by atoms with Crippen LogP contribution in [0.1, 0.15) is 12.5 Å². The minimum atomic E-state index is -3.73. The molecule has 0 saturated carbocycles. The number of sulfonamides is 1. The predicted molar refractivity (Wildman–Crippen MR) is 117 cm³/mol. The van der Waals surface area contributed by atoms with Crippen LogP contribution >= 0.6 is 0 Å². The first kappa shape index (κ1) is 23.8. The number of nitro groups is 1. The van der Waals surface area contributed by atoms with Crippen molar-refractivity contribution in [2.75, 3.05) is 26.0 Å². The number of carbonyl (C=O) groups excluding carboxylic acids is 3. The van der Waals surface area contributed by atoms with Gasteiger partial charge in [0.15, 0.2) is 0 Å². The lowest BCUT2D eigenvalue weighted by Gasteiger charge is -2.22. The Bertz CT molecular complexity index is 1260. The molecule has 1 unspecified atom stereocenters. The van der Waals surface area contributed by atoms with E-state index >= 15 is 0 Å². The van der Waals surface area contributed by atoms with E-state index in [9.17, 15) is 32.9 Å². The molecule has 0 aliphatic carbocycles. The van der Waals surface area contributed by atoms with Crippen molar-refractivity contribution in [3.05, 3.63) is 64.2 Å². The third-order valence-corrected chi connectivity index (χ3v) is 6.92.